The van der Waals surface area contributed by atoms with Gasteiger partial charge in [-0.15, -0.1) is 0 Å². The van der Waals surface area contributed by atoms with Gasteiger partial charge in [0.2, 0.25) is 15.8 Å². The number of benzene rings is 1. The molecule has 0 aliphatic heterocycles. The number of nitro groups is 1. The average Bonchev–Trinajstić information content (AvgIpc) is 2.37. The second-order valence-electron chi connectivity index (χ2n) is 4.62. The first-order valence-corrected chi connectivity index (χ1v) is 7.80. The van der Waals surface area contributed by atoms with Crippen LogP contribution in [0.2, 0.25) is 0 Å². The number of rotatable bonds is 7. The van der Waals surface area contributed by atoms with Gasteiger partial charge in [-0.2, -0.15) is 4.39 Å². The Kier molecular flexibility index (Phi) is 5.76. The van der Waals surface area contributed by atoms with E-state index in [0.717, 1.165) is 18.7 Å². The number of nitro benzene ring substituents is 1. The minimum Gasteiger partial charge on any atom is -0.305 e. The summed E-state index contributed by atoms with van der Waals surface area (Å²) < 4.78 is 40.0. The van der Waals surface area contributed by atoms with Gasteiger partial charge in [0.15, 0.2) is 0 Å². The number of nitrogens with zero attached hydrogens (tertiary/aromatic N) is 2. The van der Waals surface area contributed by atoms with Crippen LogP contribution in [0.3, 0.4) is 0 Å². The largest absolute Gasteiger partial charge is 0.306 e. The van der Waals surface area contributed by atoms with Gasteiger partial charge in [-0.1, -0.05) is 6.92 Å². The van der Waals surface area contributed by atoms with Crippen molar-refractivity contribution < 1.29 is 17.7 Å². The number of hydrogen-bond acceptors (Lipinski definition) is 5. The third-order valence-corrected chi connectivity index (χ3v) is 4.66. The fraction of sp³-hybridized carbons (Fsp3) is 0.500. The smallest absolute Gasteiger partial charge is 0.305 e. The molecule has 0 amide bonds. The fourth-order valence-electron chi connectivity index (χ4n) is 1.68. The third kappa shape index (κ3) is 4.45. The molecule has 0 aromatic heterocycles. The standard InChI is InChI=1S/C12H18FN3O4S/c1-4-15(3)6-5-14-21(19,20)12-8-11(16(17)18)10(13)7-9(12)2/h7-8,14H,4-6H2,1-3H3. The summed E-state index contributed by atoms with van der Waals surface area (Å²) in [7, 11) is -2.08. The maximum Gasteiger partial charge on any atom is 0.306 e. The van der Waals surface area contributed by atoms with Gasteiger partial charge in [0.1, 0.15) is 0 Å². The molecule has 0 radical (unpaired) electrons. The molecular weight excluding hydrogens is 301 g/mol. The van der Waals surface area contributed by atoms with E-state index in [1.165, 1.54) is 6.92 Å². The maximum atomic E-state index is 13.4. The van der Waals surface area contributed by atoms with Crippen molar-refractivity contribution in [1.82, 2.24) is 9.62 Å². The van der Waals surface area contributed by atoms with E-state index >= 15 is 0 Å². The molecule has 9 heteroatoms. The molecule has 0 atom stereocenters. The molecule has 1 N–H and O–H groups in total. The number of sulfonamides is 1. The van der Waals surface area contributed by atoms with E-state index in [2.05, 4.69) is 4.72 Å². The van der Waals surface area contributed by atoms with Crippen molar-refractivity contribution in [2.75, 3.05) is 26.7 Å². The van der Waals surface area contributed by atoms with Crippen molar-refractivity contribution in [2.24, 2.45) is 0 Å². The van der Waals surface area contributed by atoms with Crippen LogP contribution in [0.25, 0.3) is 0 Å². The minimum atomic E-state index is -3.92. The normalized spacial score (nSPS) is 11.9. The van der Waals surface area contributed by atoms with E-state index in [1.807, 2.05) is 18.9 Å². The lowest BCUT2D eigenvalue weighted by atomic mass is 10.2. The van der Waals surface area contributed by atoms with Crippen LogP contribution >= 0.6 is 0 Å². The number of halogens is 1. The van der Waals surface area contributed by atoms with Crippen molar-refractivity contribution in [3.8, 4) is 0 Å². The van der Waals surface area contributed by atoms with Gasteiger partial charge in [0.25, 0.3) is 0 Å². The Labute approximate surface area is 123 Å². The molecule has 0 fully saturated rings. The molecule has 0 saturated carbocycles. The molecule has 1 aromatic rings. The van der Waals surface area contributed by atoms with Crippen molar-refractivity contribution in [3.63, 3.8) is 0 Å². The van der Waals surface area contributed by atoms with Crippen LogP contribution in [0.4, 0.5) is 10.1 Å². The van der Waals surface area contributed by atoms with Gasteiger partial charge in [0, 0.05) is 19.2 Å². The zero-order valence-corrected chi connectivity index (χ0v) is 12.9. The van der Waals surface area contributed by atoms with E-state index in [9.17, 15) is 22.9 Å². The molecule has 118 valence electrons. The Morgan fingerprint density at radius 2 is 2.05 bits per heavy atom. The summed E-state index contributed by atoms with van der Waals surface area (Å²) in [6, 6.07) is 1.60. The Hall–Kier alpha value is -1.58. The predicted octanol–water partition coefficient (Wildman–Crippen LogP) is 1.27. The van der Waals surface area contributed by atoms with Crippen LogP contribution in [0.5, 0.6) is 0 Å². The molecule has 1 rings (SSSR count). The number of hydrogen-bond donors (Lipinski definition) is 1. The number of aryl methyl sites for hydroxylation is 1. The Bertz CT molecular complexity index is 634. The van der Waals surface area contributed by atoms with Gasteiger partial charge in [-0.3, -0.25) is 10.1 Å². The highest BCUT2D eigenvalue weighted by Crippen LogP contribution is 2.25. The predicted molar refractivity (Wildman–Crippen MR) is 76.2 cm³/mol. The topological polar surface area (TPSA) is 92.6 Å². The zero-order valence-electron chi connectivity index (χ0n) is 12.1. The number of likely N-dealkylation sites (N-methyl/N-ethyl adjacent to an activating group) is 1. The van der Waals surface area contributed by atoms with Crippen LogP contribution in [0.15, 0.2) is 17.0 Å². The summed E-state index contributed by atoms with van der Waals surface area (Å²) in [6.45, 7) is 4.75. The molecule has 0 spiro atoms. The highest BCUT2D eigenvalue weighted by atomic mass is 32.2. The van der Waals surface area contributed by atoms with Gasteiger partial charge in [-0.25, -0.2) is 13.1 Å². The summed E-state index contributed by atoms with van der Waals surface area (Å²) in [5.41, 5.74) is -0.735. The molecule has 0 heterocycles. The first-order valence-electron chi connectivity index (χ1n) is 6.31. The first kappa shape index (κ1) is 17.5. The lowest BCUT2D eigenvalue weighted by Gasteiger charge is -2.14. The van der Waals surface area contributed by atoms with Crippen molar-refractivity contribution >= 4 is 15.7 Å². The Morgan fingerprint density at radius 1 is 1.43 bits per heavy atom. The van der Waals surface area contributed by atoms with Gasteiger partial charge < -0.3 is 4.90 Å². The Morgan fingerprint density at radius 3 is 2.57 bits per heavy atom. The van der Waals surface area contributed by atoms with Gasteiger partial charge in [-0.05, 0) is 32.1 Å². The van der Waals surface area contributed by atoms with Crippen LogP contribution in [-0.4, -0.2) is 44.9 Å². The van der Waals surface area contributed by atoms with Crippen molar-refractivity contribution in [3.05, 3.63) is 33.6 Å². The maximum absolute atomic E-state index is 13.4. The molecule has 0 saturated heterocycles. The van der Waals surface area contributed by atoms with Crippen LogP contribution in [0, 0.1) is 22.9 Å². The quantitative estimate of drug-likeness (QED) is 0.603. The molecule has 1 aromatic carbocycles. The summed E-state index contributed by atoms with van der Waals surface area (Å²) in [6.07, 6.45) is 0. The first-order chi connectivity index (χ1) is 9.69. The second kappa shape index (κ2) is 6.92. The monoisotopic (exact) mass is 319 g/mol. The molecular formula is C12H18FN3O4S. The van der Waals surface area contributed by atoms with E-state index in [4.69, 9.17) is 0 Å². The lowest BCUT2D eigenvalue weighted by molar-refractivity contribution is -0.387. The van der Waals surface area contributed by atoms with Crippen LogP contribution in [-0.2, 0) is 10.0 Å². The summed E-state index contributed by atoms with van der Waals surface area (Å²) in [5, 5.41) is 10.7. The highest BCUT2D eigenvalue weighted by molar-refractivity contribution is 7.89. The SMILES string of the molecule is CCN(C)CCNS(=O)(=O)c1cc([N+](=O)[O-])c(F)cc1C. The lowest BCUT2D eigenvalue weighted by Crippen LogP contribution is -2.33. The molecule has 0 aliphatic carbocycles. The third-order valence-electron chi connectivity index (χ3n) is 3.06. The minimum absolute atomic E-state index is 0.120. The summed E-state index contributed by atoms with van der Waals surface area (Å²) >= 11 is 0. The average molecular weight is 319 g/mol. The van der Waals surface area contributed by atoms with Crippen molar-refractivity contribution in [1.29, 1.82) is 0 Å². The molecule has 0 bridgehead atoms. The van der Waals surface area contributed by atoms with Crippen LogP contribution in [0.1, 0.15) is 12.5 Å². The van der Waals surface area contributed by atoms with Crippen LogP contribution < -0.4 is 4.72 Å². The number of nitrogens with one attached hydrogen (secondary N) is 1. The van der Waals surface area contributed by atoms with Gasteiger partial charge >= 0.3 is 5.69 Å². The highest BCUT2D eigenvalue weighted by Gasteiger charge is 2.24. The van der Waals surface area contributed by atoms with E-state index < -0.39 is 26.5 Å². The summed E-state index contributed by atoms with van der Waals surface area (Å²) in [4.78, 5) is 11.4. The molecule has 21 heavy (non-hydrogen) atoms. The van der Waals surface area contributed by atoms with Gasteiger partial charge in [0.05, 0.1) is 9.82 Å². The summed E-state index contributed by atoms with van der Waals surface area (Å²) in [5.74, 6) is -1.05. The van der Waals surface area contributed by atoms with Crippen molar-refractivity contribution in [2.45, 2.75) is 18.7 Å². The zero-order chi connectivity index (χ0) is 16.2. The Balaban J connectivity index is 3.03. The second-order valence-corrected chi connectivity index (χ2v) is 6.36. The van der Waals surface area contributed by atoms with E-state index in [-0.39, 0.29) is 17.0 Å². The van der Waals surface area contributed by atoms with E-state index in [1.54, 1.807) is 0 Å². The van der Waals surface area contributed by atoms with E-state index in [0.29, 0.717) is 6.54 Å². The molecule has 7 nitrogen and oxygen atoms in total. The molecule has 0 aliphatic rings. The molecule has 0 unspecified atom stereocenters. The fourth-order valence-corrected chi connectivity index (χ4v) is 2.94.